The van der Waals surface area contributed by atoms with Crippen molar-refractivity contribution in [1.82, 2.24) is 0 Å². The summed E-state index contributed by atoms with van der Waals surface area (Å²) in [5.74, 6) is -2.48. The van der Waals surface area contributed by atoms with Crippen LogP contribution in [-0.2, 0) is 4.79 Å². The van der Waals surface area contributed by atoms with Crippen molar-refractivity contribution in [3.63, 3.8) is 0 Å². The Hall–Kier alpha value is -1.88. The molecule has 0 aliphatic heterocycles. The van der Waals surface area contributed by atoms with Crippen molar-refractivity contribution in [2.75, 3.05) is 0 Å². The predicted octanol–water partition coefficient (Wildman–Crippen LogP) is 1.83. The topological polar surface area (TPSA) is 87.0 Å². The van der Waals surface area contributed by atoms with Crippen LogP contribution in [0.5, 0.6) is 0 Å². The maximum Gasteiger partial charge on any atom is 0.346 e. The Kier molecular flexibility index (Phi) is 3.41. The maximum absolute atomic E-state index is 10.7. The van der Waals surface area contributed by atoms with Gasteiger partial charge >= 0.3 is 11.9 Å². The van der Waals surface area contributed by atoms with E-state index in [1.54, 1.807) is 0 Å². The number of hydrogen-bond donors (Lipinski definition) is 2. The smallest absolute Gasteiger partial charge is 0.346 e. The first-order valence-corrected chi connectivity index (χ1v) is 4.19. The summed E-state index contributed by atoms with van der Waals surface area (Å²) in [5, 5.41) is 17.2. The van der Waals surface area contributed by atoms with Crippen molar-refractivity contribution in [3.05, 3.63) is 28.8 Å². The van der Waals surface area contributed by atoms with Crippen LogP contribution in [0.3, 0.4) is 0 Å². The van der Waals surface area contributed by atoms with Crippen molar-refractivity contribution < 1.29 is 19.8 Å². The number of benzene rings is 1. The van der Waals surface area contributed by atoms with Crippen LogP contribution in [0.2, 0.25) is 5.02 Å². The number of para-hydroxylation sites is 1. The largest absolute Gasteiger partial charge is 0.478 e. The quantitative estimate of drug-likeness (QED) is 0.771. The molecule has 0 unspecified atom stereocenters. The first-order chi connectivity index (χ1) is 7.02. The van der Waals surface area contributed by atoms with E-state index < -0.39 is 11.9 Å². The number of hydrogen-bond acceptors (Lipinski definition) is 3. The van der Waals surface area contributed by atoms with E-state index in [2.05, 4.69) is 4.99 Å². The molecule has 1 rings (SSSR count). The fourth-order valence-electron chi connectivity index (χ4n) is 0.939. The number of aromatic carboxylic acids is 1. The number of carboxylic acids is 2. The number of nitrogens with zero attached hydrogens (tertiary/aromatic N) is 1. The number of halogens is 1. The monoisotopic (exact) mass is 227 g/mol. The summed E-state index contributed by atoms with van der Waals surface area (Å²) in [6.07, 6.45) is 0.591. The molecule has 78 valence electrons. The van der Waals surface area contributed by atoms with Crippen molar-refractivity contribution in [2.24, 2.45) is 4.99 Å². The van der Waals surface area contributed by atoms with Crippen LogP contribution in [0.15, 0.2) is 23.2 Å². The van der Waals surface area contributed by atoms with E-state index in [0.717, 1.165) is 0 Å². The van der Waals surface area contributed by atoms with Crippen LogP contribution in [0, 0.1) is 0 Å². The second-order valence-electron chi connectivity index (χ2n) is 2.54. The Morgan fingerprint density at radius 3 is 2.53 bits per heavy atom. The molecule has 2 N–H and O–H groups in total. The van der Waals surface area contributed by atoms with Gasteiger partial charge in [-0.25, -0.2) is 14.6 Å². The molecule has 1 aromatic carbocycles. The van der Waals surface area contributed by atoms with E-state index in [4.69, 9.17) is 21.8 Å². The van der Waals surface area contributed by atoms with Gasteiger partial charge in [0, 0.05) is 0 Å². The van der Waals surface area contributed by atoms with Crippen LogP contribution < -0.4 is 0 Å². The molecule has 0 saturated carbocycles. The van der Waals surface area contributed by atoms with Gasteiger partial charge in [-0.15, -0.1) is 0 Å². The fourth-order valence-corrected chi connectivity index (χ4v) is 1.16. The zero-order valence-corrected chi connectivity index (χ0v) is 8.10. The van der Waals surface area contributed by atoms with E-state index in [9.17, 15) is 9.59 Å². The van der Waals surface area contributed by atoms with E-state index in [-0.39, 0.29) is 16.3 Å². The summed E-state index contributed by atoms with van der Waals surface area (Å²) in [7, 11) is 0. The number of aliphatic imine (C=N–C) groups is 1. The molecule has 0 saturated heterocycles. The molecule has 1 aromatic rings. The summed E-state index contributed by atoms with van der Waals surface area (Å²) in [6, 6.07) is 4.18. The molecule has 0 fully saturated rings. The minimum absolute atomic E-state index is 0.0610. The summed E-state index contributed by atoms with van der Waals surface area (Å²) in [6.45, 7) is 0. The lowest BCUT2D eigenvalue weighted by Gasteiger charge is -2.01. The van der Waals surface area contributed by atoms with Gasteiger partial charge in [-0.1, -0.05) is 17.7 Å². The van der Waals surface area contributed by atoms with Crippen molar-refractivity contribution in [1.29, 1.82) is 0 Å². The zero-order valence-electron chi connectivity index (χ0n) is 7.35. The molecule has 0 heterocycles. The second kappa shape index (κ2) is 4.56. The molecular weight excluding hydrogens is 222 g/mol. The summed E-state index contributed by atoms with van der Waals surface area (Å²) >= 11 is 5.69. The zero-order chi connectivity index (χ0) is 11.4. The Labute approximate surface area is 89.6 Å². The molecule has 0 aliphatic carbocycles. The van der Waals surface area contributed by atoms with E-state index in [1.807, 2.05) is 0 Å². The Balaban J connectivity index is 3.25. The molecule has 0 spiro atoms. The van der Waals surface area contributed by atoms with Gasteiger partial charge in [-0.05, 0) is 12.1 Å². The highest BCUT2D eigenvalue weighted by Crippen LogP contribution is 2.28. The summed E-state index contributed by atoms with van der Waals surface area (Å²) < 4.78 is 0. The molecule has 5 nitrogen and oxygen atoms in total. The predicted molar refractivity (Wildman–Crippen MR) is 54.2 cm³/mol. The Morgan fingerprint density at radius 1 is 1.33 bits per heavy atom. The van der Waals surface area contributed by atoms with E-state index in [0.29, 0.717) is 6.21 Å². The number of carboxylic acid groups (broad SMARTS) is 2. The van der Waals surface area contributed by atoms with Crippen molar-refractivity contribution >= 4 is 35.4 Å². The normalized spacial score (nSPS) is 10.5. The Bertz CT molecular complexity index is 442. The van der Waals surface area contributed by atoms with Gasteiger partial charge in [0.25, 0.3) is 0 Å². The first-order valence-electron chi connectivity index (χ1n) is 3.81. The average Bonchev–Trinajstić information content (AvgIpc) is 2.15. The van der Waals surface area contributed by atoms with Gasteiger partial charge in [0.1, 0.15) is 6.21 Å². The van der Waals surface area contributed by atoms with Gasteiger partial charge in [-0.3, -0.25) is 0 Å². The van der Waals surface area contributed by atoms with Gasteiger partial charge in [0.15, 0.2) is 0 Å². The second-order valence-corrected chi connectivity index (χ2v) is 2.94. The number of aliphatic carboxylic acids is 1. The first kappa shape index (κ1) is 11.2. The van der Waals surface area contributed by atoms with E-state index in [1.165, 1.54) is 18.2 Å². The molecular formula is C9H6ClNO4. The van der Waals surface area contributed by atoms with Crippen LogP contribution >= 0.6 is 11.6 Å². The average molecular weight is 228 g/mol. The maximum atomic E-state index is 10.7. The fraction of sp³-hybridized carbons (Fsp3) is 0. The van der Waals surface area contributed by atoms with Gasteiger partial charge in [-0.2, -0.15) is 0 Å². The third kappa shape index (κ3) is 2.78. The van der Waals surface area contributed by atoms with Crippen molar-refractivity contribution in [3.8, 4) is 0 Å². The van der Waals surface area contributed by atoms with Crippen LogP contribution in [0.4, 0.5) is 5.69 Å². The molecule has 6 heteroatoms. The molecule has 0 atom stereocenters. The van der Waals surface area contributed by atoms with Crippen LogP contribution in [0.1, 0.15) is 10.4 Å². The number of rotatable bonds is 3. The molecule has 0 aliphatic rings. The molecule has 0 radical (unpaired) electrons. The molecule has 15 heavy (non-hydrogen) atoms. The van der Waals surface area contributed by atoms with E-state index >= 15 is 0 Å². The number of carbonyl (C=O) groups is 2. The standard InChI is InChI=1S/C9H6ClNO4/c10-6-3-1-2-5(9(14)15)8(6)11-4-7(12)13/h1-4H,(H,12,13)(H,14,15)/b11-4-. The van der Waals surface area contributed by atoms with Crippen LogP contribution in [-0.4, -0.2) is 28.4 Å². The lowest BCUT2D eigenvalue weighted by atomic mass is 10.2. The minimum atomic E-state index is -1.27. The third-order valence-corrected chi connectivity index (χ3v) is 1.83. The van der Waals surface area contributed by atoms with Gasteiger partial charge < -0.3 is 10.2 Å². The lowest BCUT2D eigenvalue weighted by molar-refractivity contribution is -0.128. The lowest BCUT2D eigenvalue weighted by Crippen LogP contribution is -1.99. The van der Waals surface area contributed by atoms with Crippen LogP contribution in [0.25, 0.3) is 0 Å². The Morgan fingerprint density at radius 2 is 2.00 bits per heavy atom. The molecule has 0 amide bonds. The third-order valence-electron chi connectivity index (χ3n) is 1.52. The summed E-state index contributed by atoms with van der Waals surface area (Å²) in [5.41, 5.74) is -0.200. The SMILES string of the molecule is O=C(O)/C=N\c1c(Cl)cccc1C(=O)O. The highest BCUT2D eigenvalue weighted by atomic mass is 35.5. The highest BCUT2D eigenvalue weighted by Gasteiger charge is 2.11. The highest BCUT2D eigenvalue weighted by molar-refractivity contribution is 6.34. The van der Waals surface area contributed by atoms with Gasteiger partial charge in [0.05, 0.1) is 16.3 Å². The minimum Gasteiger partial charge on any atom is -0.478 e. The van der Waals surface area contributed by atoms with Gasteiger partial charge in [0.2, 0.25) is 0 Å². The molecule has 0 aromatic heterocycles. The van der Waals surface area contributed by atoms with Crippen molar-refractivity contribution in [2.45, 2.75) is 0 Å². The molecule has 0 bridgehead atoms. The summed E-state index contributed by atoms with van der Waals surface area (Å²) in [4.78, 5) is 24.5.